The predicted octanol–water partition coefficient (Wildman–Crippen LogP) is 6.02. The lowest BCUT2D eigenvalue weighted by atomic mass is 9.93. The maximum Gasteiger partial charge on any atom is 0.337 e. The van der Waals surface area contributed by atoms with E-state index in [0.717, 1.165) is 25.0 Å². The number of rotatable bonds is 6. The molecule has 2 aromatic heterocycles. The molecule has 2 heterocycles. The number of aliphatic carboxylic acids is 1. The molecule has 146 valence electrons. The first-order chi connectivity index (χ1) is 14.1. The lowest BCUT2D eigenvalue weighted by molar-refractivity contribution is -0.130. The fourth-order valence-electron chi connectivity index (χ4n) is 3.59. The molecule has 0 saturated heterocycles. The lowest BCUT2D eigenvalue weighted by Gasteiger charge is -2.11. The number of aldehydes is 1. The van der Waals surface area contributed by atoms with Gasteiger partial charge in [-0.2, -0.15) is 0 Å². The number of carboxylic acid groups (broad SMARTS) is 1. The Labute approximate surface area is 175 Å². The van der Waals surface area contributed by atoms with E-state index in [1.165, 1.54) is 22.7 Å². The van der Waals surface area contributed by atoms with Gasteiger partial charge in [0.25, 0.3) is 0 Å². The Hall–Kier alpha value is -2.96. The van der Waals surface area contributed by atoms with Gasteiger partial charge in [0, 0.05) is 41.7 Å². The van der Waals surface area contributed by atoms with Crippen LogP contribution >= 0.6 is 22.7 Å². The number of benzene rings is 2. The highest BCUT2D eigenvalue weighted by Gasteiger charge is 2.27. The number of thiophene rings is 2. The molecule has 0 fully saturated rings. The minimum atomic E-state index is -1.13. The Balaban J connectivity index is 2.13. The van der Waals surface area contributed by atoms with Crippen LogP contribution in [0.3, 0.4) is 0 Å². The van der Waals surface area contributed by atoms with Crippen LogP contribution in [0.25, 0.3) is 31.3 Å². The third-order valence-corrected chi connectivity index (χ3v) is 6.90. The van der Waals surface area contributed by atoms with E-state index in [4.69, 9.17) is 4.74 Å². The molecule has 0 radical (unpaired) electrons. The van der Waals surface area contributed by atoms with E-state index in [2.05, 4.69) is 0 Å². The minimum Gasteiger partial charge on any atom is -0.484 e. The topological polar surface area (TPSA) is 63.6 Å². The largest absolute Gasteiger partial charge is 0.484 e. The molecule has 0 saturated carbocycles. The van der Waals surface area contributed by atoms with Gasteiger partial charge >= 0.3 is 5.97 Å². The molecule has 4 aromatic rings. The van der Waals surface area contributed by atoms with Crippen molar-refractivity contribution in [3.8, 4) is 5.06 Å². The van der Waals surface area contributed by atoms with Gasteiger partial charge in [-0.15, -0.1) is 11.3 Å². The molecule has 2 aromatic carbocycles. The van der Waals surface area contributed by atoms with Crippen LogP contribution in [0.1, 0.15) is 22.9 Å². The second kappa shape index (κ2) is 7.81. The molecule has 6 heteroatoms. The van der Waals surface area contributed by atoms with Crippen molar-refractivity contribution in [2.45, 2.75) is 13.8 Å². The average Bonchev–Trinajstić information content (AvgIpc) is 3.23. The van der Waals surface area contributed by atoms with Gasteiger partial charge in [0.1, 0.15) is 0 Å². The van der Waals surface area contributed by atoms with Crippen LogP contribution in [0.5, 0.6) is 5.06 Å². The van der Waals surface area contributed by atoms with Crippen molar-refractivity contribution in [3.05, 3.63) is 64.5 Å². The Bertz CT molecular complexity index is 1280. The van der Waals surface area contributed by atoms with E-state index in [-0.39, 0.29) is 11.1 Å². The zero-order chi connectivity index (χ0) is 20.5. The summed E-state index contributed by atoms with van der Waals surface area (Å²) in [7, 11) is 0. The van der Waals surface area contributed by atoms with Gasteiger partial charge in [0.15, 0.2) is 11.3 Å². The first kappa shape index (κ1) is 19.4. The van der Waals surface area contributed by atoms with Crippen LogP contribution in [0, 0.1) is 6.92 Å². The Morgan fingerprint density at radius 1 is 1.00 bits per heavy atom. The van der Waals surface area contributed by atoms with E-state index in [1.54, 1.807) is 0 Å². The van der Waals surface area contributed by atoms with Crippen LogP contribution in [-0.4, -0.2) is 24.0 Å². The maximum atomic E-state index is 12.4. The van der Waals surface area contributed by atoms with Crippen molar-refractivity contribution in [2.75, 3.05) is 6.61 Å². The van der Waals surface area contributed by atoms with Gasteiger partial charge in [-0.3, -0.25) is 4.79 Å². The number of ether oxygens (including phenoxy) is 1. The third kappa shape index (κ3) is 3.24. The SMILES string of the molecule is CCOc1sc2ccccc2c1/C(C=O)=C(/C(=O)O)c1c(C)sc2ccccc12. The molecule has 4 rings (SSSR count). The number of hydrogen-bond donors (Lipinski definition) is 1. The van der Waals surface area contributed by atoms with Crippen LogP contribution in [0.4, 0.5) is 0 Å². The van der Waals surface area contributed by atoms with Crippen LogP contribution in [-0.2, 0) is 9.59 Å². The van der Waals surface area contributed by atoms with Crippen molar-refractivity contribution < 1.29 is 19.4 Å². The van der Waals surface area contributed by atoms with Crippen molar-refractivity contribution in [3.63, 3.8) is 0 Å². The molecule has 0 aliphatic heterocycles. The molecule has 0 atom stereocenters. The summed E-state index contributed by atoms with van der Waals surface area (Å²) < 4.78 is 7.74. The second-order valence-electron chi connectivity index (χ2n) is 6.43. The molecule has 0 unspecified atom stereocenters. The van der Waals surface area contributed by atoms with Crippen molar-refractivity contribution in [1.29, 1.82) is 0 Å². The van der Waals surface area contributed by atoms with E-state index in [9.17, 15) is 14.7 Å². The molecule has 0 bridgehead atoms. The first-order valence-electron chi connectivity index (χ1n) is 9.12. The smallest absolute Gasteiger partial charge is 0.337 e. The van der Waals surface area contributed by atoms with Crippen LogP contribution < -0.4 is 4.74 Å². The summed E-state index contributed by atoms with van der Waals surface area (Å²) in [6.07, 6.45) is 0.645. The highest BCUT2D eigenvalue weighted by molar-refractivity contribution is 7.21. The number of allylic oxidation sites excluding steroid dienone is 1. The number of aryl methyl sites for hydroxylation is 1. The summed E-state index contributed by atoms with van der Waals surface area (Å²) in [5, 5.41) is 12.4. The molecule has 4 nitrogen and oxygen atoms in total. The second-order valence-corrected chi connectivity index (χ2v) is 8.71. The lowest BCUT2D eigenvalue weighted by Crippen LogP contribution is -2.06. The molecular formula is C23H18O4S2. The Morgan fingerprint density at radius 3 is 2.17 bits per heavy atom. The Morgan fingerprint density at radius 2 is 1.59 bits per heavy atom. The highest BCUT2D eigenvalue weighted by atomic mass is 32.1. The molecule has 29 heavy (non-hydrogen) atoms. The molecule has 1 N–H and O–H groups in total. The number of fused-ring (bicyclic) bond motifs is 2. The first-order valence-corrected chi connectivity index (χ1v) is 10.8. The van der Waals surface area contributed by atoms with Crippen molar-refractivity contribution in [2.24, 2.45) is 0 Å². The molecular weight excluding hydrogens is 404 g/mol. The fraction of sp³-hybridized carbons (Fsp3) is 0.130. The van der Waals surface area contributed by atoms with Gasteiger partial charge in [0.05, 0.1) is 12.2 Å². The van der Waals surface area contributed by atoms with E-state index in [1.807, 2.05) is 62.4 Å². The monoisotopic (exact) mass is 422 g/mol. The quantitative estimate of drug-likeness (QED) is 0.305. The summed E-state index contributed by atoms with van der Waals surface area (Å²) in [5.74, 6) is -1.13. The molecule has 0 spiro atoms. The summed E-state index contributed by atoms with van der Waals surface area (Å²) in [6.45, 7) is 4.18. The summed E-state index contributed by atoms with van der Waals surface area (Å²) in [6, 6.07) is 15.3. The maximum absolute atomic E-state index is 12.4. The third-order valence-electron chi connectivity index (χ3n) is 4.73. The van der Waals surface area contributed by atoms with Gasteiger partial charge < -0.3 is 9.84 Å². The standard InChI is InChI=1S/C23H18O4S2/c1-3-27-23-20(15-9-5-7-11-18(15)29-23)16(12-24)21(22(25)26)19-13(2)28-17-10-6-4-8-14(17)19/h4-12H,3H2,1-2H3,(H,25,26)/b21-16+. The van der Waals surface area contributed by atoms with Crippen molar-refractivity contribution in [1.82, 2.24) is 0 Å². The molecule has 0 aliphatic rings. The number of carbonyl (C=O) groups excluding carboxylic acids is 1. The van der Waals surface area contributed by atoms with Crippen LogP contribution in [0.2, 0.25) is 0 Å². The summed E-state index contributed by atoms with van der Waals surface area (Å²) >= 11 is 2.95. The summed E-state index contributed by atoms with van der Waals surface area (Å²) in [5.41, 5.74) is 1.30. The average molecular weight is 423 g/mol. The van der Waals surface area contributed by atoms with Gasteiger partial charge in [-0.25, -0.2) is 4.79 Å². The normalized spacial score (nSPS) is 12.2. The van der Waals surface area contributed by atoms with Gasteiger partial charge in [-0.05, 0) is 26.0 Å². The molecule has 0 amide bonds. The van der Waals surface area contributed by atoms with Gasteiger partial charge in [-0.1, -0.05) is 47.7 Å². The van der Waals surface area contributed by atoms with E-state index < -0.39 is 5.97 Å². The van der Waals surface area contributed by atoms with E-state index >= 15 is 0 Å². The zero-order valence-electron chi connectivity index (χ0n) is 15.9. The number of carboxylic acids is 1. The Kier molecular flexibility index (Phi) is 5.22. The number of carbonyl (C=O) groups is 2. The fourth-order valence-corrected chi connectivity index (χ4v) is 5.78. The summed E-state index contributed by atoms with van der Waals surface area (Å²) in [4.78, 5) is 25.6. The van der Waals surface area contributed by atoms with E-state index in [0.29, 0.717) is 29.1 Å². The van der Waals surface area contributed by atoms with Gasteiger partial charge in [0.2, 0.25) is 0 Å². The zero-order valence-corrected chi connectivity index (χ0v) is 17.5. The van der Waals surface area contributed by atoms with Crippen molar-refractivity contribution >= 4 is 66.2 Å². The van der Waals surface area contributed by atoms with Crippen LogP contribution in [0.15, 0.2) is 48.5 Å². The minimum absolute atomic E-state index is 0.0134. The molecule has 0 aliphatic carbocycles. The number of hydrogen-bond acceptors (Lipinski definition) is 5. The predicted molar refractivity (Wildman–Crippen MR) is 120 cm³/mol. The highest BCUT2D eigenvalue weighted by Crippen LogP contribution is 2.45.